The summed E-state index contributed by atoms with van der Waals surface area (Å²) >= 11 is 0. The van der Waals surface area contributed by atoms with E-state index in [1.165, 1.54) is 308 Å². The zero-order chi connectivity index (χ0) is 57.0. The second-order valence-corrected chi connectivity index (χ2v) is 27.0. The second kappa shape index (κ2) is 60.8. The lowest BCUT2D eigenvalue weighted by molar-refractivity contribution is -0.870. The molecule has 0 aliphatic carbocycles. The number of phosphoric acid groups is 1. The molecule has 0 saturated heterocycles. The molecule has 0 aromatic rings. The molecule has 1 amide bonds. The smallest absolute Gasteiger partial charge is 0.268 e. The molecule has 0 aliphatic heterocycles. The average molecular weight is 1120 g/mol. The van der Waals surface area contributed by atoms with Gasteiger partial charge in [0, 0.05) is 6.42 Å². The highest BCUT2D eigenvalue weighted by atomic mass is 31.2. The zero-order valence-corrected chi connectivity index (χ0v) is 54.3. The fourth-order valence-electron chi connectivity index (χ4n) is 11.0. The Kier molecular flexibility index (Phi) is 60.2. The molecule has 8 nitrogen and oxygen atoms in total. The van der Waals surface area contributed by atoms with Gasteiger partial charge in [-0.05, 0) is 38.5 Å². The lowest BCUT2D eigenvalue weighted by atomic mass is 10.0. The predicted molar refractivity (Wildman–Crippen MR) is 339 cm³/mol. The van der Waals surface area contributed by atoms with E-state index in [4.69, 9.17) is 9.05 Å². The van der Waals surface area contributed by atoms with Crippen LogP contribution in [0.3, 0.4) is 0 Å². The second-order valence-electron chi connectivity index (χ2n) is 25.6. The van der Waals surface area contributed by atoms with Gasteiger partial charge in [-0.15, -0.1) is 0 Å². The number of carbonyl (C=O) groups is 1. The normalized spacial score (nSPS) is 13.7. The van der Waals surface area contributed by atoms with Gasteiger partial charge in [0.1, 0.15) is 13.2 Å². The third kappa shape index (κ3) is 62.8. The van der Waals surface area contributed by atoms with Crippen LogP contribution in [0.15, 0.2) is 12.2 Å². The predicted octanol–water partition coefficient (Wildman–Crippen LogP) is 21.5. The molecule has 78 heavy (non-hydrogen) atoms. The Morgan fingerprint density at radius 1 is 0.436 bits per heavy atom. The Morgan fingerprint density at radius 3 is 1.00 bits per heavy atom. The van der Waals surface area contributed by atoms with Gasteiger partial charge in [0.05, 0.1) is 39.9 Å². The van der Waals surface area contributed by atoms with Gasteiger partial charge in [-0.2, -0.15) is 0 Å². The van der Waals surface area contributed by atoms with Crippen LogP contribution in [0.1, 0.15) is 373 Å². The summed E-state index contributed by atoms with van der Waals surface area (Å²) < 4.78 is 23.5. The molecule has 0 bridgehead atoms. The molecule has 9 heteroatoms. The minimum Gasteiger partial charge on any atom is -0.756 e. The molecule has 0 aromatic heterocycles. The number of quaternary nitrogens is 1. The van der Waals surface area contributed by atoms with Gasteiger partial charge in [0.25, 0.3) is 7.82 Å². The van der Waals surface area contributed by atoms with Crippen molar-refractivity contribution in [3.8, 4) is 0 Å². The van der Waals surface area contributed by atoms with E-state index in [9.17, 15) is 19.4 Å². The van der Waals surface area contributed by atoms with Gasteiger partial charge in [-0.3, -0.25) is 9.36 Å². The first-order chi connectivity index (χ1) is 38.0. The summed E-state index contributed by atoms with van der Waals surface area (Å²) in [6.07, 6.45) is 77.3. The van der Waals surface area contributed by atoms with E-state index in [0.717, 1.165) is 38.5 Å². The Bertz CT molecular complexity index is 1280. The Balaban J connectivity index is 3.90. The van der Waals surface area contributed by atoms with Gasteiger partial charge in [-0.1, -0.05) is 341 Å². The number of unbranched alkanes of at least 4 members (excludes halogenated alkanes) is 51. The van der Waals surface area contributed by atoms with Crippen molar-refractivity contribution >= 4 is 13.7 Å². The van der Waals surface area contributed by atoms with Crippen LogP contribution in [0.25, 0.3) is 0 Å². The summed E-state index contributed by atoms with van der Waals surface area (Å²) in [6, 6.07) is -0.797. The van der Waals surface area contributed by atoms with Crippen molar-refractivity contribution in [2.75, 3.05) is 40.9 Å². The lowest BCUT2D eigenvalue weighted by Gasteiger charge is -2.30. The van der Waals surface area contributed by atoms with Crippen molar-refractivity contribution in [3.05, 3.63) is 12.2 Å². The summed E-state index contributed by atoms with van der Waals surface area (Å²) in [6.45, 7) is 4.78. The van der Waals surface area contributed by atoms with E-state index in [-0.39, 0.29) is 19.1 Å². The summed E-state index contributed by atoms with van der Waals surface area (Å²) in [5.41, 5.74) is 0. The Labute approximate surface area is 488 Å². The van der Waals surface area contributed by atoms with Crippen LogP contribution in [0, 0.1) is 0 Å². The van der Waals surface area contributed by atoms with Gasteiger partial charge < -0.3 is 28.8 Å². The average Bonchev–Trinajstić information content (AvgIpc) is 3.41. The first-order valence-electron chi connectivity index (χ1n) is 35.0. The Morgan fingerprint density at radius 2 is 0.705 bits per heavy atom. The zero-order valence-electron chi connectivity index (χ0n) is 53.4. The van der Waals surface area contributed by atoms with Crippen molar-refractivity contribution in [2.24, 2.45) is 0 Å². The highest BCUT2D eigenvalue weighted by Crippen LogP contribution is 2.38. The topological polar surface area (TPSA) is 108 Å². The summed E-state index contributed by atoms with van der Waals surface area (Å²) in [5, 5.41) is 14.1. The molecule has 0 aliphatic rings. The van der Waals surface area contributed by atoms with E-state index < -0.39 is 20.0 Å². The summed E-state index contributed by atoms with van der Waals surface area (Å²) in [4.78, 5) is 25.6. The van der Waals surface area contributed by atoms with E-state index in [2.05, 4.69) is 31.3 Å². The van der Waals surface area contributed by atoms with E-state index >= 15 is 0 Å². The minimum absolute atomic E-state index is 0.0161. The molecule has 466 valence electrons. The van der Waals surface area contributed by atoms with Crippen molar-refractivity contribution in [1.29, 1.82) is 0 Å². The fourth-order valence-corrected chi connectivity index (χ4v) is 11.8. The number of likely N-dealkylation sites (N-methyl/N-ethyl adjacent to an activating group) is 1. The van der Waals surface area contributed by atoms with E-state index in [1.54, 1.807) is 0 Å². The number of aliphatic hydroxyl groups excluding tert-OH is 1. The summed E-state index contributed by atoms with van der Waals surface area (Å²) in [7, 11) is 1.33. The molecule has 0 saturated carbocycles. The maximum Gasteiger partial charge on any atom is 0.268 e. The molecule has 0 rings (SSSR count). The van der Waals surface area contributed by atoms with E-state index in [1.807, 2.05) is 21.1 Å². The largest absolute Gasteiger partial charge is 0.756 e. The van der Waals surface area contributed by atoms with Crippen LogP contribution in [-0.2, 0) is 18.4 Å². The van der Waals surface area contributed by atoms with Crippen LogP contribution in [0.4, 0.5) is 0 Å². The molecule has 2 N–H and O–H groups in total. The first-order valence-corrected chi connectivity index (χ1v) is 36.5. The number of allylic oxidation sites excluding steroid dienone is 2. The van der Waals surface area contributed by atoms with Crippen LogP contribution < -0.4 is 10.2 Å². The number of phosphoric ester groups is 1. The minimum atomic E-state index is -4.57. The van der Waals surface area contributed by atoms with Crippen LogP contribution in [0.5, 0.6) is 0 Å². The fraction of sp³-hybridized carbons (Fsp3) is 0.957. The van der Waals surface area contributed by atoms with Gasteiger partial charge in [-0.25, -0.2) is 0 Å². The van der Waals surface area contributed by atoms with Crippen molar-refractivity contribution < 1.29 is 32.9 Å². The maximum atomic E-state index is 13.0. The van der Waals surface area contributed by atoms with Crippen LogP contribution >= 0.6 is 7.82 Å². The monoisotopic (exact) mass is 1120 g/mol. The third-order valence-corrected chi connectivity index (χ3v) is 17.5. The molecule has 0 radical (unpaired) electrons. The summed E-state index contributed by atoms with van der Waals surface area (Å²) in [5.74, 6) is -0.155. The quantitative estimate of drug-likeness (QED) is 0.0272. The molecule has 0 fully saturated rings. The molecular formula is C69H139N2O6P. The van der Waals surface area contributed by atoms with Gasteiger partial charge in [0.2, 0.25) is 5.91 Å². The van der Waals surface area contributed by atoms with Gasteiger partial charge in [0.15, 0.2) is 0 Å². The Hall–Kier alpha value is -0.760. The van der Waals surface area contributed by atoms with Crippen molar-refractivity contribution in [1.82, 2.24) is 5.32 Å². The molecule has 0 spiro atoms. The SMILES string of the molecule is CCCCCCCCCC/C=C\CCCCCCCCCCCCCCCCCCCCCCCCCCCC(=O)NC(COP(=O)([O-])OCC[N+](C)(C)C)C(O)CCCCCCCCCCCCCCCCCCCCC. The lowest BCUT2D eigenvalue weighted by Crippen LogP contribution is -2.46. The third-order valence-electron chi connectivity index (χ3n) is 16.5. The highest BCUT2D eigenvalue weighted by Gasteiger charge is 2.24. The molecule has 3 atom stereocenters. The standard InChI is InChI=1S/C69H139N2O6P/c1-6-8-10-12-14-16-18-20-22-24-26-27-28-29-30-31-32-33-34-35-36-37-38-39-40-41-42-43-45-47-49-51-53-55-57-59-61-63-69(73)70-67(66-77-78(74,75)76-65-64-71(3,4)5)68(72)62-60-58-56-54-52-50-48-46-44-25-23-21-19-17-15-13-11-9-7-2/h24,26,67-68,72H,6-23,25,27-66H2,1-5H3,(H-,70,73,74,75)/b26-24-. The first kappa shape index (κ1) is 77.2. The molecular weight excluding hydrogens is 984 g/mol. The number of amides is 1. The van der Waals surface area contributed by atoms with E-state index in [0.29, 0.717) is 23.9 Å². The molecule has 0 heterocycles. The number of nitrogens with zero attached hydrogens (tertiary/aromatic N) is 1. The number of rotatable bonds is 66. The molecule has 0 aromatic carbocycles. The number of hydrogen-bond acceptors (Lipinski definition) is 6. The van der Waals surface area contributed by atoms with Crippen LogP contribution in [0.2, 0.25) is 0 Å². The molecule has 3 unspecified atom stereocenters. The number of hydrogen-bond donors (Lipinski definition) is 2. The number of carbonyl (C=O) groups excluding carboxylic acids is 1. The van der Waals surface area contributed by atoms with Gasteiger partial charge >= 0.3 is 0 Å². The maximum absolute atomic E-state index is 13.0. The number of aliphatic hydroxyl groups is 1. The number of nitrogens with one attached hydrogen (secondary N) is 1. The van der Waals surface area contributed by atoms with Crippen LogP contribution in [-0.4, -0.2) is 68.5 Å². The van der Waals surface area contributed by atoms with Crippen molar-refractivity contribution in [2.45, 2.75) is 386 Å². The highest BCUT2D eigenvalue weighted by molar-refractivity contribution is 7.45. The van der Waals surface area contributed by atoms with Crippen molar-refractivity contribution in [3.63, 3.8) is 0 Å².